The van der Waals surface area contributed by atoms with E-state index in [1.54, 1.807) is 49.4 Å². The first kappa shape index (κ1) is 20.4. The summed E-state index contributed by atoms with van der Waals surface area (Å²) >= 11 is 9.25. The lowest BCUT2D eigenvalue weighted by Crippen LogP contribution is -2.30. The SMILES string of the molecule is C[C@@H](Oc1ccc(Cl)cc1Br)C(=O)Nc1ccc(CN2C(=O)CCC2=O)cc1. The number of anilines is 1. The van der Waals surface area contributed by atoms with Gasteiger partial charge in [-0.05, 0) is 58.7 Å². The predicted molar refractivity (Wildman–Crippen MR) is 109 cm³/mol. The summed E-state index contributed by atoms with van der Waals surface area (Å²) in [4.78, 5) is 37.0. The summed E-state index contributed by atoms with van der Waals surface area (Å²) in [7, 11) is 0. The number of amides is 3. The Kier molecular flexibility index (Phi) is 6.36. The van der Waals surface area contributed by atoms with Gasteiger partial charge >= 0.3 is 0 Å². The summed E-state index contributed by atoms with van der Waals surface area (Å²) in [5, 5.41) is 3.34. The molecule has 1 fully saturated rings. The van der Waals surface area contributed by atoms with Crippen molar-refractivity contribution in [1.82, 2.24) is 4.90 Å². The Morgan fingerprint density at radius 1 is 1.18 bits per heavy atom. The van der Waals surface area contributed by atoms with Gasteiger partial charge in [-0.2, -0.15) is 0 Å². The highest BCUT2D eigenvalue weighted by Gasteiger charge is 2.28. The summed E-state index contributed by atoms with van der Waals surface area (Å²) in [6, 6.07) is 12.1. The lowest BCUT2D eigenvalue weighted by molar-refractivity contribution is -0.139. The molecule has 0 unspecified atom stereocenters. The first-order valence-electron chi connectivity index (χ1n) is 8.68. The highest BCUT2D eigenvalue weighted by Crippen LogP contribution is 2.29. The molecule has 1 N–H and O–H groups in total. The van der Waals surface area contributed by atoms with Crippen molar-refractivity contribution >= 4 is 50.9 Å². The molecular formula is C20H18BrClN2O4. The number of halogens is 2. The molecule has 0 saturated carbocycles. The van der Waals surface area contributed by atoms with Crippen LogP contribution in [0, 0.1) is 0 Å². The lowest BCUT2D eigenvalue weighted by atomic mass is 10.2. The van der Waals surface area contributed by atoms with E-state index < -0.39 is 6.10 Å². The number of hydrogen-bond acceptors (Lipinski definition) is 4. The molecule has 2 aromatic carbocycles. The monoisotopic (exact) mass is 464 g/mol. The van der Waals surface area contributed by atoms with Crippen LogP contribution in [0.1, 0.15) is 25.3 Å². The third kappa shape index (κ3) is 4.91. The minimum Gasteiger partial charge on any atom is -0.480 e. The second-order valence-electron chi connectivity index (χ2n) is 6.39. The molecule has 3 rings (SSSR count). The van der Waals surface area contributed by atoms with Gasteiger partial charge < -0.3 is 10.1 Å². The topological polar surface area (TPSA) is 75.7 Å². The predicted octanol–water partition coefficient (Wildman–Crippen LogP) is 4.16. The zero-order valence-corrected chi connectivity index (χ0v) is 17.4. The molecule has 1 aliphatic heterocycles. The Morgan fingerprint density at radius 2 is 1.82 bits per heavy atom. The number of ether oxygens (including phenoxy) is 1. The summed E-state index contributed by atoms with van der Waals surface area (Å²) in [6.07, 6.45) is -0.180. The Morgan fingerprint density at radius 3 is 2.43 bits per heavy atom. The number of nitrogens with one attached hydrogen (secondary N) is 1. The maximum Gasteiger partial charge on any atom is 0.265 e. The van der Waals surface area contributed by atoms with Crippen LogP contribution in [-0.4, -0.2) is 28.7 Å². The summed E-state index contributed by atoms with van der Waals surface area (Å²) < 4.78 is 6.33. The van der Waals surface area contributed by atoms with E-state index in [0.717, 1.165) is 5.56 Å². The lowest BCUT2D eigenvalue weighted by Gasteiger charge is -2.17. The highest BCUT2D eigenvalue weighted by atomic mass is 79.9. The van der Waals surface area contributed by atoms with Crippen LogP contribution in [0.2, 0.25) is 5.02 Å². The maximum absolute atomic E-state index is 12.4. The van der Waals surface area contributed by atoms with Crippen molar-refractivity contribution in [2.24, 2.45) is 0 Å². The molecular weight excluding hydrogens is 448 g/mol. The number of hydrogen-bond donors (Lipinski definition) is 1. The number of rotatable bonds is 6. The minimum absolute atomic E-state index is 0.151. The quantitative estimate of drug-likeness (QED) is 0.650. The van der Waals surface area contributed by atoms with Crippen LogP contribution in [0.3, 0.4) is 0 Å². The van der Waals surface area contributed by atoms with Crippen LogP contribution >= 0.6 is 27.5 Å². The number of nitrogens with zero attached hydrogens (tertiary/aromatic N) is 1. The number of imide groups is 1. The van der Waals surface area contributed by atoms with Gasteiger partial charge in [-0.1, -0.05) is 23.7 Å². The standard InChI is InChI=1S/C20H18BrClN2O4/c1-12(28-17-7-4-14(22)10-16(17)21)20(27)23-15-5-2-13(3-6-15)11-24-18(25)8-9-19(24)26/h2-7,10,12H,8-9,11H2,1H3,(H,23,27)/t12-/m1/s1. The molecule has 0 radical (unpaired) electrons. The van der Waals surface area contributed by atoms with E-state index in [1.165, 1.54) is 4.90 Å². The number of likely N-dealkylation sites (tertiary alicyclic amines) is 1. The summed E-state index contributed by atoms with van der Waals surface area (Å²) in [6.45, 7) is 1.89. The molecule has 2 aromatic rings. The number of carbonyl (C=O) groups is 3. The van der Waals surface area contributed by atoms with Crippen molar-refractivity contribution < 1.29 is 19.1 Å². The van der Waals surface area contributed by atoms with Crippen molar-refractivity contribution in [2.45, 2.75) is 32.4 Å². The molecule has 0 bridgehead atoms. The summed E-state index contributed by atoms with van der Waals surface area (Å²) in [5.41, 5.74) is 1.41. The van der Waals surface area contributed by atoms with Gasteiger partial charge in [0.15, 0.2) is 6.10 Å². The normalized spacial score (nSPS) is 14.9. The molecule has 146 valence electrons. The van der Waals surface area contributed by atoms with Crippen LogP contribution < -0.4 is 10.1 Å². The van der Waals surface area contributed by atoms with Crippen molar-refractivity contribution in [2.75, 3.05) is 5.32 Å². The van der Waals surface area contributed by atoms with Gasteiger partial charge in [0.05, 0.1) is 11.0 Å². The largest absolute Gasteiger partial charge is 0.480 e. The Hall–Kier alpha value is -2.38. The fourth-order valence-electron chi connectivity index (χ4n) is 2.73. The molecule has 3 amide bonds. The Balaban J connectivity index is 1.57. The first-order chi connectivity index (χ1) is 13.3. The van der Waals surface area contributed by atoms with E-state index in [-0.39, 0.29) is 37.1 Å². The van der Waals surface area contributed by atoms with Crippen molar-refractivity contribution in [3.8, 4) is 5.75 Å². The molecule has 0 aliphatic carbocycles. The van der Waals surface area contributed by atoms with E-state index in [1.807, 2.05) is 0 Å². The minimum atomic E-state index is -0.725. The first-order valence-corrected chi connectivity index (χ1v) is 9.85. The van der Waals surface area contributed by atoms with Crippen molar-refractivity contribution in [3.05, 3.63) is 57.5 Å². The van der Waals surface area contributed by atoms with Gasteiger partial charge in [-0.25, -0.2) is 0 Å². The summed E-state index contributed by atoms with van der Waals surface area (Å²) in [5.74, 6) is -0.0923. The van der Waals surface area contributed by atoms with E-state index in [4.69, 9.17) is 16.3 Å². The number of benzene rings is 2. The van der Waals surface area contributed by atoms with Gasteiger partial charge in [-0.15, -0.1) is 0 Å². The number of carbonyl (C=O) groups excluding carboxylic acids is 3. The Bertz CT molecular complexity index is 901. The second-order valence-corrected chi connectivity index (χ2v) is 7.69. The zero-order chi connectivity index (χ0) is 20.3. The van der Waals surface area contributed by atoms with Gasteiger partial charge in [-0.3, -0.25) is 19.3 Å². The molecule has 8 heteroatoms. The molecule has 1 saturated heterocycles. The van der Waals surface area contributed by atoms with Gasteiger partial charge in [0.2, 0.25) is 11.8 Å². The highest BCUT2D eigenvalue weighted by molar-refractivity contribution is 9.10. The average molecular weight is 466 g/mol. The fourth-order valence-corrected chi connectivity index (χ4v) is 3.51. The van der Waals surface area contributed by atoms with E-state index in [2.05, 4.69) is 21.2 Å². The fraction of sp³-hybridized carbons (Fsp3) is 0.250. The van der Waals surface area contributed by atoms with Crippen LogP contribution in [0.15, 0.2) is 46.9 Å². The van der Waals surface area contributed by atoms with E-state index in [0.29, 0.717) is 20.9 Å². The Labute approximate surface area is 175 Å². The van der Waals surface area contributed by atoms with Gasteiger partial charge in [0, 0.05) is 23.6 Å². The van der Waals surface area contributed by atoms with Crippen LogP contribution in [0.5, 0.6) is 5.75 Å². The molecule has 0 aromatic heterocycles. The molecule has 1 atom stereocenters. The second kappa shape index (κ2) is 8.75. The third-order valence-electron chi connectivity index (χ3n) is 4.28. The van der Waals surface area contributed by atoms with Crippen LogP contribution in [0.4, 0.5) is 5.69 Å². The third-order valence-corrected chi connectivity index (χ3v) is 5.14. The van der Waals surface area contributed by atoms with Gasteiger partial charge in [0.25, 0.3) is 5.91 Å². The van der Waals surface area contributed by atoms with Crippen LogP contribution in [0.25, 0.3) is 0 Å². The van der Waals surface area contributed by atoms with Crippen molar-refractivity contribution in [3.63, 3.8) is 0 Å². The smallest absolute Gasteiger partial charge is 0.265 e. The maximum atomic E-state index is 12.4. The van der Waals surface area contributed by atoms with Crippen molar-refractivity contribution in [1.29, 1.82) is 0 Å². The zero-order valence-electron chi connectivity index (χ0n) is 15.1. The van der Waals surface area contributed by atoms with Gasteiger partial charge in [0.1, 0.15) is 5.75 Å². The van der Waals surface area contributed by atoms with E-state index >= 15 is 0 Å². The molecule has 1 aliphatic rings. The average Bonchev–Trinajstić information content (AvgIpc) is 2.97. The molecule has 28 heavy (non-hydrogen) atoms. The molecule has 1 heterocycles. The van der Waals surface area contributed by atoms with E-state index in [9.17, 15) is 14.4 Å². The molecule has 6 nitrogen and oxygen atoms in total. The van der Waals surface area contributed by atoms with Crippen LogP contribution in [-0.2, 0) is 20.9 Å². The molecule has 0 spiro atoms.